The Morgan fingerprint density at radius 3 is 2.46 bits per heavy atom. The van der Waals surface area contributed by atoms with Crippen LogP contribution in [0.15, 0.2) is 58.6 Å². The molecule has 2 aromatic carbocycles. The molecule has 118 valence electrons. The predicted molar refractivity (Wildman–Crippen MR) is 97.1 cm³/mol. The second-order valence-electron chi connectivity index (χ2n) is 4.69. The molecule has 0 atom stereocenters. The summed E-state index contributed by atoms with van der Waals surface area (Å²) in [4.78, 5) is 12.2. The number of nitrogens with zero attached hydrogens (tertiary/aromatic N) is 1. The van der Waals surface area contributed by atoms with E-state index in [9.17, 15) is 10.1 Å². The highest BCUT2D eigenvalue weighted by Crippen LogP contribution is 2.17. The van der Waals surface area contributed by atoms with Gasteiger partial charge in [0.05, 0.1) is 0 Å². The zero-order valence-corrected chi connectivity index (χ0v) is 14.2. The number of rotatable bonds is 5. The van der Waals surface area contributed by atoms with Gasteiger partial charge in [-0.1, -0.05) is 34.0 Å². The number of anilines is 1. The van der Waals surface area contributed by atoms with E-state index in [4.69, 9.17) is 11.2 Å². The number of hydrogen-bond donors (Lipinski definition) is 1. The molecule has 0 aromatic heterocycles. The van der Waals surface area contributed by atoms with Crippen molar-refractivity contribution >= 4 is 33.6 Å². The summed E-state index contributed by atoms with van der Waals surface area (Å²) in [6, 6.07) is 16.0. The zero-order valence-electron chi connectivity index (χ0n) is 12.6. The van der Waals surface area contributed by atoms with Crippen LogP contribution in [0.2, 0.25) is 0 Å². The monoisotopic (exact) mass is 380 g/mol. The first-order valence-electron chi connectivity index (χ1n) is 6.97. The van der Waals surface area contributed by atoms with Crippen LogP contribution in [-0.4, -0.2) is 12.5 Å². The summed E-state index contributed by atoms with van der Waals surface area (Å²) in [5.41, 5.74) is 1.34. The minimum atomic E-state index is -0.465. The van der Waals surface area contributed by atoms with Crippen molar-refractivity contribution in [2.75, 3.05) is 11.9 Å². The third-order valence-electron chi connectivity index (χ3n) is 2.98. The Balaban J connectivity index is 2.10. The molecule has 0 heterocycles. The summed E-state index contributed by atoms with van der Waals surface area (Å²) in [5.74, 6) is 2.54. The minimum Gasteiger partial charge on any atom is -0.481 e. The molecule has 0 bridgehead atoms. The highest BCUT2D eigenvalue weighted by atomic mass is 79.9. The van der Waals surface area contributed by atoms with Crippen LogP contribution in [0.1, 0.15) is 5.56 Å². The maximum Gasteiger partial charge on any atom is 0.266 e. The lowest BCUT2D eigenvalue weighted by atomic mass is 10.1. The summed E-state index contributed by atoms with van der Waals surface area (Å²) in [7, 11) is 0. The lowest BCUT2D eigenvalue weighted by Gasteiger charge is -2.05. The second kappa shape index (κ2) is 8.57. The van der Waals surface area contributed by atoms with Gasteiger partial charge in [0.15, 0.2) is 0 Å². The van der Waals surface area contributed by atoms with Crippen LogP contribution in [0.3, 0.4) is 0 Å². The third-order valence-corrected chi connectivity index (χ3v) is 3.51. The molecule has 0 saturated carbocycles. The fourth-order valence-corrected chi connectivity index (χ4v) is 2.10. The van der Waals surface area contributed by atoms with E-state index in [-0.39, 0.29) is 12.2 Å². The highest BCUT2D eigenvalue weighted by Gasteiger charge is 2.09. The molecule has 0 unspecified atom stereocenters. The van der Waals surface area contributed by atoms with Crippen molar-refractivity contribution in [3.63, 3.8) is 0 Å². The number of carbonyl (C=O) groups is 1. The Morgan fingerprint density at radius 2 is 1.88 bits per heavy atom. The van der Waals surface area contributed by atoms with Gasteiger partial charge in [0.1, 0.15) is 24.0 Å². The molecule has 0 aliphatic carbocycles. The van der Waals surface area contributed by atoms with E-state index in [0.717, 1.165) is 4.47 Å². The number of benzene rings is 2. The summed E-state index contributed by atoms with van der Waals surface area (Å²) in [6.07, 6.45) is 6.64. The first-order chi connectivity index (χ1) is 11.6. The molecule has 0 saturated heterocycles. The topological polar surface area (TPSA) is 62.1 Å². The molecule has 0 aliphatic heterocycles. The first kappa shape index (κ1) is 17.3. The van der Waals surface area contributed by atoms with Gasteiger partial charge < -0.3 is 10.1 Å². The largest absolute Gasteiger partial charge is 0.481 e. The van der Waals surface area contributed by atoms with Gasteiger partial charge in [0, 0.05) is 10.2 Å². The van der Waals surface area contributed by atoms with E-state index in [1.54, 1.807) is 48.5 Å². The number of terminal acetylenes is 1. The third kappa shape index (κ3) is 5.01. The van der Waals surface area contributed by atoms with Crippen molar-refractivity contribution in [1.82, 2.24) is 0 Å². The first-order valence-corrected chi connectivity index (χ1v) is 7.76. The Hall–Kier alpha value is -3.02. The molecule has 24 heavy (non-hydrogen) atoms. The Labute approximate surface area is 148 Å². The summed E-state index contributed by atoms with van der Waals surface area (Å²) in [6.45, 7) is 0.189. The number of hydrogen-bond acceptors (Lipinski definition) is 3. The molecule has 2 rings (SSSR count). The van der Waals surface area contributed by atoms with Crippen molar-refractivity contribution in [3.8, 4) is 24.2 Å². The fourth-order valence-electron chi connectivity index (χ4n) is 1.83. The maximum absolute atomic E-state index is 12.2. The summed E-state index contributed by atoms with van der Waals surface area (Å²) in [5, 5.41) is 11.9. The molecule has 1 N–H and O–H groups in total. The predicted octanol–water partition coefficient (Wildman–Crippen LogP) is 4.01. The lowest BCUT2D eigenvalue weighted by molar-refractivity contribution is -0.112. The van der Waals surface area contributed by atoms with Crippen molar-refractivity contribution in [2.45, 2.75) is 0 Å². The van der Waals surface area contributed by atoms with Crippen LogP contribution in [-0.2, 0) is 4.79 Å². The molecule has 0 spiro atoms. The molecule has 1 amide bonds. The average Bonchev–Trinajstić information content (AvgIpc) is 2.60. The van der Waals surface area contributed by atoms with E-state index in [2.05, 4.69) is 27.2 Å². The standard InChI is InChI=1S/C19H13BrN2O2/c1-2-11-24-18-9-3-14(4-10-18)12-15(13-21)19(23)22-17-7-5-16(20)6-8-17/h1,3-10,12H,11H2,(H,22,23)/b15-12-. The molecule has 0 radical (unpaired) electrons. The number of ether oxygens (including phenoxy) is 1. The normalized spacial score (nSPS) is 10.4. The molecular weight excluding hydrogens is 368 g/mol. The lowest BCUT2D eigenvalue weighted by Crippen LogP contribution is -2.13. The average molecular weight is 381 g/mol. The van der Waals surface area contributed by atoms with Crippen molar-refractivity contribution < 1.29 is 9.53 Å². The van der Waals surface area contributed by atoms with E-state index in [1.807, 2.05) is 6.07 Å². The Morgan fingerprint density at radius 1 is 1.21 bits per heavy atom. The van der Waals surface area contributed by atoms with Gasteiger partial charge >= 0.3 is 0 Å². The molecule has 4 nitrogen and oxygen atoms in total. The number of carbonyl (C=O) groups excluding carboxylic acids is 1. The van der Waals surface area contributed by atoms with Crippen LogP contribution in [0.4, 0.5) is 5.69 Å². The zero-order chi connectivity index (χ0) is 17.4. The van der Waals surface area contributed by atoms with Crippen LogP contribution in [0.25, 0.3) is 6.08 Å². The van der Waals surface area contributed by atoms with Gasteiger partial charge in [-0.3, -0.25) is 4.79 Å². The van der Waals surface area contributed by atoms with Crippen LogP contribution in [0.5, 0.6) is 5.75 Å². The van der Waals surface area contributed by atoms with Gasteiger partial charge in [0.25, 0.3) is 5.91 Å². The summed E-state index contributed by atoms with van der Waals surface area (Å²) < 4.78 is 6.18. The van der Waals surface area contributed by atoms with Crippen LogP contribution < -0.4 is 10.1 Å². The van der Waals surface area contributed by atoms with Gasteiger partial charge in [-0.05, 0) is 48.0 Å². The van der Waals surface area contributed by atoms with Crippen LogP contribution >= 0.6 is 15.9 Å². The minimum absolute atomic E-state index is 0.00946. The van der Waals surface area contributed by atoms with Gasteiger partial charge in [-0.25, -0.2) is 0 Å². The van der Waals surface area contributed by atoms with E-state index >= 15 is 0 Å². The summed E-state index contributed by atoms with van der Waals surface area (Å²) >= 11 is 3.32. The van der Waals surface area contributed by atoms with Crippen molar-refractivity contribution in [1.29, 1.82) is 5.26 Å². The molecule has 0 fully saturated rings. The SMILES string of the molecule is C#CCOc1ccc(/C=C(/C#N)C(=O)Nc2ccc(Br)cc2)cc1. The van der Waals surface area contributed by atoms with E-state index in [0.29, 0.717) is 17.0 Å². The van der Waals surface area contributed by atoms with Crippen molar-refractivity contribution in [2.24, 2.45) is 0 Å². The smallest absolute Gasteiger partial charge is 0.266 e. The molecule has 0 aliphatic rings. The Kier molecular flexibility index (Phi) is 6.19. The number of nitriles is 1. The fraction of sp³-hybridized carbons (Fsp3) is 0.0526. The second-order valence-corrected chi connectivity index (χ2v) is 5.61. The molecular formula is C19H13BrN2O2. The maximum atomic E-state index is 12.2. The van der Waals surface area contributed by atoms with Gasteiger partial charge in [0.2, 0.25) is 0 Å². The van der Waals surface area contributed by atoms with Gasteiger partial charge in [-0.15, -0.1) is 6.42 Å². The quantitative estimate of drug-likeness (QED) is 0.484. The molecule has 2 aromatic rings. The number of halogens is 1. The number of amides is 1. The van der Waals surface area contributed by atoms with Gasteiger partial charge in [-0.2, -0.15) is 5.26 Å². The Bertz CT molecular complexity index is 826. The van der Waals surface area contributed by atoms with E-state index < -0.39 is 5.91 Å². The molecule has 5 heteroatoms. The van der Waals surface area contributed by atoms with Crippen molar-refractivity contribution in [3.05, 3.63) is 64.1 Å². The van der Waals surface area contributed by atoms with Crippen LogP contribution in [0, 0.1) is 23.7 Å². The number of nitrogens with one attached hydrogen (secondary N) is 1. The highest BCUT2D eigenvalue weighted by molar-refractivity contribution is 9.10. The van der Waals surface area contributed by atoms with E-state index in [1.165, 1.54) is 6.08 Å².